The summed E-state index contributed by atoms with van der Waals surface area (Å²) in [4.78, 5) is 10.1. The summed E-state index contributed by atoms with van der Waals surface area (Å²) in [5.74, 6) is -0.364. The highest BCUT2D eigenvalue weighted by Crippen LogP contribution is 2.24. The van der Waals surface area contributed by atoms with E-state index < -0.39 is 4.92 Å². The van der Waals surface area contributed by atoms with Gasteiger partial charge in [0, 0.05) is 6.54 Å². The van der Waals surface area contributed by atoms with Crippen molar-refractivity contribution in [1.29, 1.82) is 0 Å². The van der Waals surface area contributed by atoms with Crippen LogP contribution in [0.15, 0.2) is 6.20 Å². The average Bonchev–Trinajstić information content (AvgIpc) is 2.84. The first-order chi connectivity index (χ1) is 8.93. The fraction of sp³-hybridized carbons (Fsp3) is 0.400. The van der Waals surface area contributed by atoms with Gasteiger partial charge in [0.2, 0.25) is 0 Å². The Hall–Kier alpha value is -1.60. The SMILES string of the molecule is CCn1nc(C)c(Cl)c1Cn1cc(Cl)c([N+](=O)[O-])n1. The summed E-state index contributed by atoms with van der Waals surface area (Å²) in [5, 5.41) is 19.3. The summed E-state index contributed by atoms with van der Waals surface area (Å²) in [6.07, 6.45) is 1.40. The standard InChI is InChI=1S/C10H11Cl2N5O2/c1-3-16-8(9(12)6(2)13-16)5-15-4-7(11)10(14-15)17(18)19/h4H,3,5H2,1-2H3. The molecule has 0 amide bonds. The summed E-state index contributed by atoms with van der Waals surface area (Å²) in [6, 6.07) is 0. The minimum Gasteiger partial charge on any atom is -0.358 e. The van der Waals surface area contributed by atoms with Gasteiger partial charge < -0.3 is 10.1 Å². The van der Waals surface area contributed by atoms with Crippen LogP contribution in [0.2, 0.25) is 10.0 Å². The molecular weight excluding hydrogens is 293 g/mol. The highest BCUT2D eigenvalue weighted by molar-refractivity contribution is 6.32. The fourth-order valence-electron chi connectivity index (χ4n) is 1.77. The predicted molar refractivity (Wildman–Crippen MR) is 70.6 cm³/mol. The number of hydrogen-bond acceptors (Lipinski definition) is 4. The Kier molecular flexibility index (Phi) is 3.77. The summed E-state index contributed by atoms with van der Waals surface area (Å²) in [5.41, 5.74) is 1.46. The van der Waals surface area contributed by atoms with E-state index in [9.17, 15) is 10.1 Å². The smallest absolute Gasteiger partial charge is 0.358 e. The Balaban J connectivity index is 2.36. The molecule has 2 aromatic rings. The minimum absolute atomic E-state index is 0.000378. The van der Waals surface area contributed by atoms with Gasteiger partial charge in [-0.2, -0.15) is 9.78 Å². The van der Waals surface area contributed by atoms with E-state index in [1.165, 1.54) is 10.9 Å². The molecular formula is C10H11Cl2N5O2. The van der Waals surface area contributed by atoms with Gasteiger partial charge in [0.05, 0.1) is 27.7 Å². The third-order valence-electron chi connectivity index (χ3n) is 2.64. The molecule has 0 atom stereocenters. The minimum atomic E-state index is -0.622. The van der Waals surface area contributed by atoms with Gasteiger partial charge in [-0.05, 0) is 18.8 Å². The molecule has 0 bridgehead atoms. The summed E-state index contributed by atoms with van der Waals surface area (Å²) in [7, 11) is 0. The van der Waals surface area contributed by atoms with Crippen LogP contribution in [-0.2, 0) is 13.1 Å². The summed E-state index contributed by atoms with van der Waals surface area (Å²) >= 11 is 11.9. The van der Waals surface area contributed by atoms with Crippen molar-refractivity contribution in [3.63, 3.8) is 0 Å². The van der Waals surface area contributed by atoms with Crippen LogP contribution >= 0.6 is 23.2 Å². The van der Waals surface area contributed by atoms with Gasteiger partial charge in [-0.1, -0.05) is 23.2 Å². The maximum Gasteiger partial charge on any atom is 0.408 e. The van der Waals surface area contributed by atoms with Gasteiger partial charge in [0.1, 0.15) is 6.54 Å². The molecule has 0 radical (unpaired) electrons. The molecule has 0 fully saturated rings. The zero-order valence-corrected chi connectivity index (χ0v) is 11.8. The highest BCUT2D eigenvalue weighted by Gasteiger charge is 2.21. The van der Waals surface area contributed by atoms with Crippen LogP contribution < -0.4 is 0 Å². The van der Waals surface area contributed by atoms with E-state index in [1.54, 1.807) is 11.6 Å². The average molecular weight is 304 g/mol. The van der Waals surface area contributed by atoms with Crippen LogP contribution in [0, 0.1) is 17.0 Å². The van der Waals surface area contributed by atoms with E-state index in [1.807, 2.05) is 6.92 Å². The van der Waals surface area contributed by atoms with Crippen molar-refractivity contribution in [3.8, 4) is 0 Å². The number of hydrogen-bond donors (Lipinski definition) is 0. The molecule has 2 aromatic heterocycles. The zero-order valence-electron chi connectivity index (χ0n) is 10.3. The van der Waals surface area contributed by atoms with Gasteiger partial charge in [-0.25, -0.2) is 0 Å². The molecule has 0 N–H and O–H groups in total. The maximum atomic E-state index is 10.7. The van der Waals surface area contributed by atoms with E-state index in [2.05, 4.69) is 10.2 Å². The van der Waals surface area contributed by atoms with Gasteiger partial charge in [-0.15, -0.1) is 0 Å². The van der Waals surface area contributed by atoms with Crippen LogP contribution in [0.5, 0.6) is 0 Å². The third kappa shape index (κ3) is 2.57. The van der Waals surface area contributed by atoms with Crippen molar-refractivity contribution in [1.82, 2.24) is 19.6 Å². The number of halogens is 2. The number of nitrogens with zero attached hydrogens (tertiary/aromatic N) is 5. The summed E-state index contributed by atoms with van der Waals surface area (Å²) < 4.78 is 3.12. The van der Waals surface area contributed by atoms with Gasteiger partial charge in [-0.3, -0.25) is 4.68 Å². The second-order valence-electron chi connectivity index (χ2n) is 3.92. The molecule has 0 saturated carbocycles. The Morgan fingerprint density at radius 3 is 2.63 bits per heavy atom. The monoisotopic (exact) mass is 303 g/mol. The molecule has 9 heteroatoms. The van der Waals surface area contributed by atoms with Crippen LogP contribution in [-0.4, -0.2) is 24.5 Å². The Labute approximate surface area is 118 Å². The molecule has 2 rings (SSSR count). The molecule has 0 unspecified atom stereocenters. The molecule has 2 heterocycles. The van der Waals surface area contributed by atoms with Crippen molar-refractivity contribution in [3.05, 3.63) is 37.7 Å². The quantitative estimate of drug-likeness (QED) is 0.642. The molecule has 0 aliphatic rings. The van der Waals surface area contributed by atoms with Crippen molar-refractivity contribution in [2.45, 2.75) is 26.9 Å². The molecule has 0 aromatic carbocycles. The first-order valence-electron chi connectivity index (χ1n) is 5.53. The fourth-order valence-corrected chi connectivity index (χ4v) is 2.18. The van der Waals surface area contributed by atoms with Gasteiger partial charge in [0.15, 0.2) is 5.02 Å². The largest absolute Gasteiger partial charge is 0.408 e. The van der Waals surface area contributed by atoms with Crippen LogP contribution in [0.25, 0.3) is 0 Å². The number of nitro groups is 1. The molecule has 7 nitrogen and oxygen atoms in total. The van der Waals surface area contributed by atoms with Crippen LogP contribution in [0.4, 0.5) is 5.82 Å². The Morgan fingerprint density at radius 1 is 1.42 bits per heavy atom. The lowest BCUT2D eigenvalue weighted by molar-refractivity contribution is -0.389. The lowest BCUT2D eigenvalue weighted by Gasteiger charge is -2.02. The Bertz CT molecular complexity index is 634. The van der Waals surface area contributed by atoms with Gasteiger partial charge >= 0.3 is 5.82 Å². The lowest BCUT2D eigenvalue weighted by atomic mass is 10.3. The second kappa shape index (κ2) is 5.18. The normalized spacial score (nSPS) is 10.9. The van der Waals surface area contributed by atoms with E-state index >= 15 is 0 Å². The third-order valence-corrected chi connectivity index (χ3v) is 3.39. The predicted octanol–water partition coefficient (Wildman–Crippen LogP) is 2.67. The highest BCUT2D eigenvalue weighted by atomic mass is 35.5. The summed E-state index contributed by atoms with van der Waals surface area (Å²) in [6.45, 7) is 4.67. The first kappa shape index (κ1) is 13.8. The molecule has 102 valence electrons. The maximum absolute atomic E-state index is 10.7. The molecule has 0 saturated heterocycles. The lowest BCUT2D eigenvalue weighted by Crippen LogP contribution is -2.09. The van der Waals surface area contributed by atoms with Crippen molar-refractivity contribution in [2.75, 3.05) is 0 Å². The van der Waals surface area contributed by atoms with Crippen molar-refractivity contribution >= 4 is 29.0 Å². The van der Waals surface area contributed by atoms with E-state index in [0.717, 1.165) is 5.69 Å². The van der Waals surface area contributed by atoms with Crippen LogP contribution in [0.3, 0.4) is 0 Å². The van der Waals surface area contributed by atoms with Crippen LogP contribution in [0.1, 0.15) is 18.3 Å². The van der Waals surface area contributed by atoms with E-state index in [-0.39, 0.29) is 17.4 Å². The molecule has 0 aliphatic heterocycles. The number of rotatable bonds is 4. The number of aryl methyl sites for hydroxylation is 2. The topological polar surface area (TPSA) is 78.8 Å². The van der Waals surface area contributed by atoms with E-state index in [0.29, 0.717) is 17.3 Å². The zero-order chi connectivity index (χ0) is 14.2. The molecule has 0 aliphatic carbocycles. The van der Waals surface area contributed by atoms with E-state index in [4.69, 9.17) is 23.2 Å². The first-order valence-corrected chi connectivity index (χ1v) is 6.28. The molecule has 0 spiro atoms. The second-order valence-corrected chi connectivity index (χ2v) is 4.70. The molecule has 19 heavy (non-hydrogen) atoms. The van der Waals surface area contributed by atoms with Crippen molar-refractivity contribution < 1.29 is 4.92 Å². The van der Waals surface area contributed by atoms with Crippen molar-refractivity contribution in [2.24, 2.45) is 0 Å². The Morgan fingerprint density at radius 2 is 2.11 bits per heavy atom. The number of aromatic nitrogens is 4. The van der Waals surface area contributed by atoms with Gasteiger partial charge in [0.25, 0.3) is 0 Å².